The molecule has 2 aromatic heterocycles. The quantitative estimate of drug-likeness (QED) is 0.802. The summed E-state index contributed by atoms with van der Waals surface area (Å²) in [6.45, 7) is 3.48. The van der Waals surface area contributed by atoms with Crippen LogP contribution in [0, 0.1) is 0 Å². The molecule has 4 rings (SSSR count). The molecule has 18 heavy (non-hydrogen) atoms. The van der Waals surface area contributed by atoms with Gasteiger partial charge in [-0.05, 0) is 37.9 Å². The molecule has 4 heterocycles. The monoisotopic (exact) mass is 242 g/mol. The van der Waals surface area contributed by atoms with E-state index in [1.54, 1.807) is 0 Å². The molecule has 2 aromatic rings. The van der Waals surface area contributed by atoms with Crippen molar-refractivity contribution < 1.29 is 0 Å². The van der Waals surface area contributed by atoms with Crippen LogP contribution in [-0.4, -0.2) is 35.1 Å². The van der Waals surface area contributed by atoms with Crippen LogP contribution in [0.15, 0.2) is 24.5 Å². The van der Waals surface area contributed by atoms with Crippen molar-refractivity contribution in [1.29, 1.82) is 0 Å². The number of aromatic nitrogens is 2. The zero-order valence-electron chi connectivity index (χ0n) is 10.4. The molecule has 0 radical (unpaired) electrons. The number of piperidine rings is 1. The Morgan fingerprint density at radius 3 is 3.06 bits per heavy atom. The van der Waals surface area contributed by atoms with Gasteiger partial charge < -0.3 is 15.2 Å². The second-order valence-electron chi connectivity index (χ2n) is 5.55. The van der Waals surface area contributed by atoms with Crippen molar-refractivity contribution in [2.75, 3.05) is 24.5 Å². The van der Waals surface area contributed by atoms with E-state index in [0.717, 1.165) is 18.7 Å². The standard InChI is InChI=1S/C14H18N4/c1-4-14(5-8-17-14)10-18(9-1)12-3-7-16-13-11(12)2-6-15-13/h2-3,6-7,17H,1,4-5,8-10H2,(H,15,16). The predicted octanol–water partition coefficient (Wildman–Crippen LogP) is 1.90. The van der Waals surface area contributed by atoms with Gasteiger partial charge in [0.25, 0.3) is 0 Å². The number of anilines is 1. The van der Waals surface area contributed by atoms with Crippen LogP contribution in [0.4, 0.5) is 5.69 Å². The Kier molecular flexibility index (Phi) is 2.14. The van der Waals surface area contributed by atoms with E-state index in [1.807, 2.05) is 12.4 Å². The fraction of sp³-hybridized carbons (Fsp3) is 0.500. The van der Waals surface area contributed by atoms with E-state index in [1.165, 1.54) is 36.9 Å². The van der Waals surface area contributed by atoms with Gasteiger partial charge in [-0.2, -0.15) is 0 Å². The highest BCUT2D eigenvalue weighted by Gasteiger charge is 2.40. The van der Waals surface area contributed by atoms with Gasteiger partial charge in [0.15, 0.2) is 0 Å². The van der Waals surface area contributed by atoms with Crippen molar-refractivity contribution in [2.45, 2.75) is 24.8 Å². The molecule has 2 aliphatic rings. The molecule has 0 aliphatic carbocycles. The van der Waals surface area contributed by atoms with Crippen LogP contribution in [0.1, 0.15) is 19.3 Å². The van der Waals surface area contributed by atoms with Crippen molar-refractivity contribution in [2.24, 2.45) is 0 Å². The Bertz CT molecular complexity index is 570. The maximum Gasteiger partial charge on any atom is 0.139 e. The lowest BCUT2D eigenvalue weighted by Crippen LogP contribution is -2.65. The second kappa shape index (κ2) is 3.72. The average molecular weight is 242 g/mol. The number of hydrogen-bond acceptors (Lipinski definition) is 3. The molecular weight excluding hydrogens is 224 g/mol. The van der Waals surface area contributed by atoms with Gasteiger partial charge in [0.2, 0.25) is 0 Å². The first-order chi connectivity index (χ1) is 8.86. The first kappa shape index (κ1) is 10.4. The van der Waals surface area contributed by atoms with Gasteiger partial charge in [-0.1, -0.05) is 0 Å². The average Bonchev–Trinajstić information content (AvgIpc) is 2.85. The largest absolute Gasteiger partial charge is 0.369 e. The zero-order valence-corrected chi connectivity index (χ0v) is 10.4. The lowest BCUT2D eigenvalue weighted by molar-refractivity contribution is 0.175. The SMILES string of the molecule is c1cc(N2CCCC3(CCN3)C2)c2cc[nH]c2n1. The van der Waals surface area contributed by atoms with Gasteiger partial charge in [-0.25, -0.2) is 4.98 Å². The highest BCUT2D eigenvalue weighted by Crippen LogP contribution is 2.34. The summed E-state index contributed by atoms with van der Waals surface area (Å²) in [5.74, 6) is 0. The molecule has 94 valence electrons. The maximum atomic E-state index is 4.37. The Morgan fingerprint density at radius 1 is 1.28 bits per heavy atom. The Balaban J connectivity index is 1.71. The first-order valence-corrected chi connectivity index (χ1v) is 6.78. The van der Waals surface area contributed by atoms with Gasteiger partial charge in [-0.3, -0.25) is 0 Å². The third-order valence-electron chi connectivity index (χ3n) is 4.46. The summed E-state index contributed by atoms with van der Waals surface area (Å²) in [5.41, 5.74) is 2.71. The van der Waals surface area contributed by atoms with Crippen LogP contribution >= 0.6 is 0 Å². The van der Waals surface area contributed by atoms with Crippen LogP contribution < -0.4 is 10.2 Å². The van der Waals surface area contributed by atoms with Crippen molar-refractivity contribution in [3.63, 3.8) is 0 Å². The summed E-state index contributed by atoms with van der Waals surface area (Å²) in [6.07, 6.45) is 7.81. The van der Waals surface area contributed by atoms with Crippen molar-refractivity contribution in [3.8, 4) is 0 Å². The molecule has 0 bridgehead atoms. The van der Waals surface area contributed by atoms with Crippen LogP contribution in [0.3, 0.4) is 0 Å². The van der Waals surface area contributed by atoms with E-state index in [9.17, 15) is 0 Å². The van der Waals surface area contributed by atoms with E-state index >= 15 is 0 Å². The van der Waals surface area contributed by atoms with Crippen LogP contribution in [0.5, 0.6) is 0 Å². The number of aromatic amines is 1. The molecule has 0 amide bonds. The van der Waals surface area contributed by atoms with Gasteiger partial charge in [-0.15, -0.1) is 0 Å². The minimum Gasteiger partial charge on any atom is -0.369 e. The Morgan fingerprint density at radius 2 is 2.22 bits per heavy atom. The van der Waals surface area contributed by atoms with E-state index in [4.69, 9.17) is 0 Å². The lowest BCUT2D eigenvalue weighted by Gasteiger charge is -2.50. The number of rotatable bonds is 1. The molecule has 2 saturated heterocycles. The van der Waals surface area contributed by atoms with Crippen LogP contribution in [0.25, 0.3) is 11.0 Å². The fourth-order valence-electron chi connectivity index (χ4n) is 3.39. The molecule has 2 aliphatic heterocycles. The van der Waals surface area contributed by atoms with E-state index in [-0.39, 0.29) is 0 Å². The topological polar surface area (TPSA) is 44.0 Å². The van der Waals surface area contributed by atoms with Gasteiger partial charge in [0, 0.05) is 42.1 Å². The van der Waals surface area contributed by atoms with Gasteiger partial charge in [0.1, 0.15) is 5.65 Å². The van der Waals surface area contributed by atoms with Crippen LogP contribution in [-0.2, 0) is 0 Å². The molecule has 1 atom stereocenters. The minimum atomic E-state index is 0.393. The summed E-state index contributed by atoms with van der Waals surface area (Å²) in [7, 11) is 0. The smallest absolute Gasteiger partial charge is 0.139 e. The number of hydrogen-bond donors (Lipinski definition) is 2. The molecule has 2 fully saturated rings. The highest BCUT2D eigenvalue weighted by molar-refractivity contribution is 5.89. The van der Waals surface area contributed by atoms with Crippen molar-refractivity contribution in [1.82, 2.24) is 15.3 Å². The molecule has 0 saturated carbocycles. The number of H-pyrrole nitrogens is 1. The zero-order chi connectivity index (χ0) is 12.0. The van der Waals surface area contributed by atoms with Crippen molar-refractivity contribution >= 4 is 16.7 Å². The fourth-order valence-corrected chi connectivity index (χ4v) is 3.39. The van der Waals surface area contributed by atoms with E-state index in [2.05, 4.69) is 32.3 Å². The van der Waals surface area contributed by atoms with Gasteiger partial charge >= 0.3 is 0 Å². The molecule has 4 heteroatoms. The summed E-state index contributed by atoms with van der Waals surface area (Å²) < 4.78 is 0. The Labute approximate surface area is 106 Å². The normalized spacial score (nSPS) is 27.7. The predicted molar refractivity (Wildman–Crippen MR) is 72.9 cm³/mol. The molecule has 1 unspecified atom stereocenters. The van der Waals surface area contributed by atoms with E-state index in [0.29, 0.717) is 5.54 Å². The number of pyridine rings is 1. The molecular formula is C14H18N4. The first-order valence-electron chi connectivity index (χ1n) is 6.78. The summed E-state index contributed by atoms with van der Waals surface area (Å²) in [5, 5.41) is 4.88. The molecule has 4 nitrogen and oxygen atoms in total. The third kappa shape index (κ3) is 1.45. The highest BCUT2D eigenvalue weighted by atomic mass is 15.2. The van der Waals surface area contributed by atoms with Gasteiger partial charge in [0.05, 0.1) is 0 Å². The van der Waals surface area contributed by atoms with Crippen molar-refractivity contribution in [3.05, 3.63) is 24.5 Å². The summed E-state index contributed by atoms with van der Waals surface area (Å²) in [4.78, 5) is 10.1. The Hall–Kier alpha value is -1.55. The summed E-state index contributed by atoms with van der Waals surface area (Å²) in [6, 6.07) is 4.28. The minimum absolute atomic E-state index is 0.393. The number of nitrogens with zero attached hydrogens (tertiary/aromatic N) is 2. The summed E-state index contributed by atoms with van der Waals surface area (Å²) >= 11 is 0. The lowest BCUT2D eigenvalue weighted by atomic mass is 9.80. The molecule has 1 spiro atoms. The van der Waals surface area contributed by atoms with E-state index < -0.39 is 0 Å². The number of fused-ring (bicyclic) bond motifs is 1. The third-order valence-corrected chi connectivity index (χ3v) is 4.46. The number of nitrogens with one attached hydrogen (secondary N) is 2. The maximum absolute atomic E-state index is 4.37. The molecule has 2 N–H and O–H groups in total. The molecule has 0 aromatic carbocycles. The van der Waals surface area contributed by atoms with Crippen LogP contribution in [0.2, 0.25) is 0 Å². The second-order valence-corrected chi connectivity index (χ2v) is 5.55.